The Kier molecular flexibility index (Phi) is 6.30. The number of carbonyl (C=O) groups excluding carboxylic acids is 1. The SMILES string of the molecule is NS(=O)(=O)CCCNC(=O)c1ccc(C#CCO)c(F)c1. The number of amides is 1. The molecule has 0 saturated heterocycles. The van der Waals surface area contributed by atoms with Crippen LogP contribution in [-0.2, 0) is 10.0 Å². The summed E-state index contributed by atoms with van der Waals surface area (Å²) >= 11 is 0. The lowest BCUT2D eigenvalue weighted by atomic mass is 10.1. The lowest BCUT2D eigenvalue weighted by Gasteiger charge is -2.05. The zero-order valence-electron chi connectivity index (χ0n) is 11.1. The summed E-state index contributed by atoms with van der Waals surface area (Å²) in [5, 5.41) is 15.8. The number of sulfonamides is 1. The summed E-state index contributed by atoms with van der Waals surface area (Å²) in [6.07, 6.45) is 0.174. The van der Waals surface area contributed by atoms with Crippen molar-refractivity contribution in [2.75, 3.05) is 18.9 Å². The van der Waals surface area contributed by atoms with E-state index in [0.29, 0.717) is 0 Å². The molecule has 0 unspecified atom stereocenters. The fourth-order valence-corrected chi connectivity index (χ4v) is 2.02. The van der Waals surface area contributed by atoms with Gasteiger partial charge in [0.1, 0.15) is 12.4 Å². The molecular weight excluding hydrogens is 299 g/mol. The van der Waals surface area contributed by atoms with E-state index in [0.717, 1.165) is 6.07 Å². The first-order chi connectivity index (χ1) is 9.83. The Morgan fingerprint density at radius 1 is 1.43 bits per heavy atom. The normalized spacial score (nSPS) is 10.6. The van der Waals surface area contributed by atoms with Crippen molar-refractivity contribution in [1.82, 2.24) is 5.32 Å². The molecule has 0 aliphatic heterocycles. The van der Waals surface area contributed by atoms with Gasteiger partial charge in [-0.1, -0.05) is 11.8 Å². The molecule has 0 aliphatic carbocycles. The number of nitrogens with one attached hydrogen (secondary N) is 1. The number of nitrogens with two attached hydrogens (primary N) is 1. The molecule has 1 aromatic carbocycles. The van der Waals surface area contributed by atoms with Crippen molar-refractivity contribution in [3.8, 4) is 11.8 Å². The molecule has 6 nitrogen and oxygen atoms in total. The summed E-state index contributed by atoms with van der Waals surface area (Å²) in [6, 6.07) is 3.74. The van der Waals surface area contributed by atoms with Crippen molar-refractivity contribution in [3.63, 3.8) is 0 Å². The Morgan fingerprint density at radius 2 is 2.14 bits per heavy atom. The van der Waals surface area contributed by atoms with Crippen LogP contribution >= 0.6 is 0 Å². The third-order valence-corrected chi connectivity index (χ3v) is 3.28. The minimum atomic E-state index is -3.55. The molecule has 21 heavy (non-hydrogen) atoms. The van der Waals surface area contributed by atoms with Gasteiger partial charge in [0.25, 0.3) is 5.91 Å². The van der Waals surface area contributed by atoms with E-state index in [-0.39, 0.29) is 36.5 Å². The van der Waals surface area contributed by atoms with Gasteiger partial charge in [0.15, 0.2) is 0 Å². The maximum Gasteiger partial charge on any atom is 0.251 e. The summed E-state index contributed by atoms with van der Waals surface area (Å²) in [6.45, 7) is -0.269. The van der Waals surface area contributed by atoms with Gasteiger partial charge in [-0.05, 0) is 24.6 Å². The van der Waals surface area contributed by atoms with Crippen LogP contribution in [0.1, 0.15) is 22.3 Å². The fraction of sp³-hybridized carbons (Fsp3) is 0.308. The number of halogens is 1. The topological polar surface area (TPSA) is 109 Å². The molecule has 0 radical (unpaired) electrons. The van der Waals surface area contributed by atoms with Crippen LogP contribution in [0.4, 0.5) is 4.39 Å². The first-order valence-corrected chi connectivity index (χ1v) is 7.73. The van der Waals surface area contributed by atoms with E-state index >= 15 is 0 Å². The molecule has 0 bridgehead atoms. The average molecular weight is 314 g/mol. The van der Waals surface area contributed by atoms with Crippen molar-refractivity contribution in [2.45, 2.75) is 6.42 Å². The Labute approximate surface area is 122 Å². The van der Waals surface area contributed by atoms with Crippen LogP contribution in [0.2, 0.25) is 0 Å². The number of rotatable bonds is 5. The average Bonchev–Trinajstić information content (AvgIpc) is 2.41. The number of hydrogen-bond acceptors (Lipinski definition) is 4. The van der Waals surface area contributed by atoms with E-state index in [4.69, 9.17) is 10.2 Å². The molecular formula is C13H15FN2O4S. The second kappa shape index (κ2) is 7.73. The molecule has 8 heteroatoms. The molecule has 0 fully saturated rings. The second-order valence-electron chi connectivity index (χ2n) is 4.13. The number of aliphatic hydroxyl groups is 1. The highest BCUT2D eigenvalue weighted by molar-refractivity contribution is 7.89. The van der Waals surface area contributed by atoms with E-state index in [1.807, 2.05) is 0 Å². The summed E-state index contributed by atoms with van der Waals surface area (Å²) in [5.41, 5.74) is 0.174. The van der Waals surface area contributed by atoms with E-state index in [1.54, 1.807) is 0 Å². The van der Waals surface area contributed by atoms with Crippen LogP contribution < -0.4 is 10.5 Å². The smallest absolute Gasteiger partial charge is 0.251 e. The van der Waals surface area contributed by atoms with E-state index in [1.165, 1.54) is 12.1 Å². The molecule has 4 N–H and O–H groups in total. The molecule has 0 aromatic heterocycles. The summed E-state index contributed by atoms with van der Waals surface area (Å²) in [4.78, 5) is 11.7. The zero-order valence-corrected chi connectivity index (χ0v) is 11.9. The molecule has 1 aromatic rings. The minimum Gasteiger partial charge on any atom is -0.384 e. The second-order valence-corrected chi connectivity index (χ2v) is 5.86. The van der Waals surface area contributed by atoms with Gasteiger partial charge in [-0.3, -0.25) is 4.79 Å². The van der Waals surface area contributed by atoms with Gasteiger partial charge in [-0.2, -0.15) is 0 Å². The van der Waals surface area contributed by atoms with Crippen LogP contribution in [-0.4, -0.2) is 38.3 Å². The van der Waals surface area contributed by atoms with Crippen LogP contribution in [0.25, 0.3) is 0 Å². The Hall–Kier alpha value is -1.95. The molecule has 1 amide bonds. The van der Waals surface area contributed by atoms with Gasteiger partial charge in [-0.25, -0.2) is 17.9 Å². The first kappa shape index (κ1) is 17.1. The molecule has 0 spiro atoms. The zero-order chi connectivity index (χ0) is 15.9. The van der Waals surface area contributed by atoms with Crippen molar-refractivity contribution in [3.05, 3.63) is 35.1 Å². The predicted octanol–water partition coefficient (Wildman–Crippen LogP) is -0.422. The molecule has 0 heterocycles. The largest absolute Gasteiger partial charge is 0.384 e. The van der Waals surface area contributed by atoms with Gasteiger partial charge in [0, 0.05) is 12.1 Å². The van der Waals surface area contributed by atoms with Crippen LogP contribution in [0.3, 0.4) is 0 Å². The summed E-state index contributed by atoms with van der Waals surface area (Å²) in [7, 11) is -3.55. The minimum absolute atomic E-state index is 0.0785. The van der Waals surface area contributed by atoms with E-state index in [2.05, 4.69) is 17.2 Å². The standard InChI is InChI=1S/C13H15FN2O4S/c14-12-9-11(5-4-10(12)3-1-7-17)13(18)16-6-2-8-21(15,19)20/h4-5,9,17H,2,6-8H2,(H,16,18)(H2,15,19,20). The predicted molar refractivity (Wildman–Crippen MR) is 75.3 cm³/mol. The quantitative estimate of drug-likeness (QED) is 0.506. The van der Waals surface area contributed by atoms with Crippen molar-refractivity contribution in [2.24, 2.45) is 5.14 Å². The monoisotopic (exact) mass is 314 g/mol. The molecule has 0 saturated carbocycles. The Bertz CT molecular complexity index is 677. The highest BCUT2D eigenvalue weighted by Crippen LogP contribution is 2.09. The Morgan fingerprint density at radius 3 is 2.71 bits per heavy atom. The van der Waals surface area contributed by atoms with Gasteiger partial charge < -0.3 is 10.4 Å². The summed E-state index contributed by atoms with van der Waals surface area (Å²) < 4.78 is 35.0. The first-order valence-electron chi connectivity index (χ1n) is 6.01. The van der Waals surface area contributed by atoms with Gasteiger partial charge in [-0.15, -0.1) is 0 Å². The lowest BCUT2D eigenvalue weighted by Crippen LogP contribution is -2.27. The van der Waals surface area contributed by atoms with E-state index < -0.39 is 21.7 Å². The van der Waals surface area contributed by atoms with Crippen LogP contribution in [0.15, 0.2) is 18.2 Å². The van der Waals surface area contributed by atoms with Crippen LogP contribution in [0, 0.1) is 17.7 Å². The number of primary sulfonamides is 1. The maximum atomic E-state index is 13.6. The van der Waals surface area contributed by atoms with Gasteiger partial charge in [0.2, 0.25) is 10.0 Å². The number of carbonyl (C=O) groups is 1. The molecule has 0 aliphatic rings. The maximum absolute atomic E-state index is 13.6. The van der Waals surface area contributed by atoms with E-state index in [9.17, 15) is 17.6 Å². The third-order valence-electron chi connectivity index (χ3n) is 2.42. The summed E-state index contributed by atoms with van der Waals surface area (Å²) in [5.74, 6) is 3.28. The van der Waals surface area contributed by atoms with Crippen molar-refractivity contribution in [1.29, 1.82) is 0 Å². The fourth-order valence-electron chi connectivity index (χ4n) is 1.47. The van der Waals surface area contributed by atoms with Crippen molar-refractivity contribution < 1.29 is 22.7 Å². The van der Waals surface area contributed by atoms with Crippen molar-refractivity contribution >= 4 is 15.9 Å². The lowest BCUT2D eigenvalue weighted by molar-refractivity contribution is 0.0953. The van der Waals surface area contributed by atoms with Gasteiger partial charge >= 0.3 is 0 Å². The highest BCUT2D eigenvalue weighted by atomic mass is 32.2. The number of hydrogen-bond donors (Lipinski definition) is 3. The molecule has 1 rings (SSSR count). The number of benzene rings is 1. The third kappa shape index (κ3) is 6.35. The highest BCUT2D eigenvalue weighted by Gasteiger charge is 2.09. The molecule has 0 atom stereocenters. The van der Waals surface area contributed by atoms with Crippen LogP contribution in [0.5, 0.6) is 0 Å². The Balaban J connectivity index is 2.61. The number of aliphatic hydroxyl groups excluding tert-OH is 1. The van der Waals surface area contributed by atoms with Gasteiger partial charge in [0.05, 0.1) is 11.3 Å². The molecule has 114 valence electrons.